The number of phosphoric ester groups is 2. The van der Waals surface area contributed by atoms with E-state index in [9.17, 15) is 28.7 Å². The van der Waals surface area contributed by atoms with Gasteiger partial charge >= 0.3 is 7.43 Å². The molecule has 0 aliphatic rings. The number of rotatable bonds is 4. The zero-order chi connectivity index (χ0) is 16.6. The average Bonchev–Trinajstić information content (AvgIpc) is 2.38. The first-order chi connectivity index (χ1) is 10.2. The van der Waals surface area contributed by atoms with Crippen molar-refractivity contribution in [1.82, 2.24) is 30.8 Å². The molecule has 0 spiro atoms. The molecule has 16 heteroatoms. The maximum Gasteiger partial charge on any atom is 4.00 e. The second-order valence-corrected chi connectivity index (χ2v) is 5.15. The fourth-order valence-electron chi connectivity index (χ4n) is 0.787. The van der Waals surface area contributed by atoms with Gasteiger partial charge in [0.1, 0.15) is 15.6 Å². The van der Waals surface area contributed by atoms with Gasteiger partial charge in [0.15, 0.2) is 0 Å². The van der Waals surface area contributed by atoms with Crippen molar-refractivity contribution < 1.29 is 37.8 Å². The van der Waals surface area contributed by atoms with Crippen LogP contribution in [0.15, 0.2) is 24.5 Å². The molecule has 0 bridgehead atoms. The van der Waals surface area contributed by atoms with E-state index in [-0.39, 0.29) is 19.2 Å². The first-order valence-electron chi connectivity index (χ1n) is 4.88. The van der Waals surface area contributed by atoms with Crippen molar-refractivity contribution in [1.29, 1.82) is 0 Å². The molecule has 2 heterocycles. The maximum atomic E-state index is 9.96. The fraction of sp³-hybridized carbons (Fsp3) is 0. The molecule has 0 radical (unpaired) electrons. The van der Waals surface area contributed by atoms with Crippen LogP contribution < -0.4 is 28.6 Å². The predicted octanol–water partition coefficient (Wildman–Crippen LogP) is -3.76. The zero-order valence-electron chi connectivity index (χ0n) is 10.7. The number of hydrogen-bond acceptors (Lipinski definition) is 14. The third-order valence-corrected chi connectivity index (χ3v) is 2.19. The minimum absolute atomic E-state index is 0. The van der Waals surface area contributed by atoms with Crippen molar-refractivity contribution in [2.24, 2.45) is 0 Å². The molecular formula is C7H4N6O8P2. The molecule has 0 saturated heterocycles. The average molecular weight is 362 g/mol. The van der Waals surface area contributed by atoms with Crippen LogP contribution in [0.4, 0.5) is 0 Å². The summed E-state index contributed by atoms with van der Waals surface area (Å²) in [6.07, 6.45) is 2.30. The van der Waals surface area contributed by atoms with Crippen LogP contribution in [0.2, 0.25) is 0 Å². The van der Waals surface area contributed by atoms with Crippen LogP contribution in [-0.4, -0.2) is 30.8 Å². The smallest absolute Gasteiger partial charge is 0.780 e. The van der Waals surface area contributed by atoms with E-state index in [1.807, 2.05) is 0 Å². The van der Waals surface area contributed by atoms with E-state index in [4.69, 9.17) is 0 Å². The zero-order valence-corrected chi connectivity index (χ0v) is 12.4. The van der Waals surface area contributed by atoms with Gasteiger partial charge < -0.3 is 37.8 Å². The van der Waals surface area contributed by atoms with Crippen molar-refractivity contribution in [2.75, 3.05) is 0 Å². The molecule has 0 aromatic carbocycles. The topological polar surface area (TPSA) is 222 Å². The summed E-state index contributed by atoms with van der Waals surface area (Å²) in [7, 11) is -10.0. The van der Waals surface area contributed by atoms with E-state index in [0.717, 1.165) is 24.5 Å². The van der Waals surface area contributed by atoms with Gasteiger partial charge in [0.25, 0.3) is 0 Å². The van der Waals surface area contributed by atoms with E-state index in [1.165, 1.54) is 0 Å². The Morgan fingerprint density at radius 3 is 1.35 bits per heavy atom. The molecule has 2 aromatic heterocycles. The Morgan fingerprint density at radius 1 is 0.783 bits per heavy atom. The maximum absolute atomic E-state index is 9.96. The summed E-state index contributed by atoms with van der Waals surface area (Å²) < 4.78 is 27.6. The summed E-state index contributed by atoms with van der Waals surface area (Å²) in [5, 5.41) is 18.8. The molecule has 0 fully saturated rings. The Kier molecular flexibility index (Phi) is 8.32. The van der Waals surface area contributed by atoms with Gasteiger partial charge in [0.05, 0.1) is 12.4 Å². The molecule has 0 saturated carbocycles. The number of aromatic nitrogens is 6. The molecule has 2 rings (SSSR count). The molecule has 23 heavy (non-hydrogen) atoms. The Hall–Kier alpha value is -2.08. The van der Waals surface area contributed by atoms with E-state index in [1.54, 1.807) is 0 Å². The second kappa shape index (κ2) is 9.15. The molecule has 120 valence electrons. The van der Waals surface area contributed by atoms with Gasteiger partial charge in [-0.25, -0.2) is 0 Å². The number of phosphoric acid groups is 2. The Bertz CT molecular complexity index is 604. The molecule has 0 aliphatic heterocycles. The van der Waals surface area contributed by atoms with Crippen molar-refractivity contribution >= 4 is 15.6 Å². The van der Waals surface area contributed by atoms with Crippen LogP contribution in [-0.2, 0) is 9.13 Å². The van der Waals surface area contributed by atoms with Crippen molar-refractivity contribution in [3.8, 4) is 11.8 Å². The van der Waals surface area contributed by atoms with Crippen LogP contribution in [0, 0.1) is 7.43 Å². The van der Waals surface area contributed by atoms with Crippen LogP contribution in [0.1, 0.15) is 0 Å². The normalized spacial score (nSPS) is 10.6. The summed E-state index contributed by atoms with van der Waals surface area (Å²) in [4.78, 5) is 39.8. The van der Waals surface area contributed by atoms with Crippen LogP contribution >= 0.6 is 15.6 Å². The van der Waals surface area contributed by atoms with Gasteiger partial charge in [-0.1, -0.05) is 10.2 Å². The van der Waals surface area contributed by atoms with Crippen LogP contribution in [0.5, 0.6) is 11.8 Å². The SMILES string of the molecule is O=P([O-])([O-])Oc1ccnnn1.O=P([O-])([O-])Oc1ccnnn1.[C+4]. The van der Waals surface area contributed by atoms with Crippen LogP contribution in [0.3, 0.4) is 0 Å². The number of hydrogen-bond donors (Lipinski definition) is 0. The summed E-state index contributed by atoms with van der Waals surface area (Å²) >= 11 is 0. The fourth-order valence-corrected chi connectivity index (χ4v) is 1.44. The van der Waals surface area contributed by atoms with E-state index >= 15 is 0 Å². The van der Waals surface area contributed by atoms with Gasteiger partial charge in [-0.05, 0) is 10.4 Å². The third-order valence-electron chi connectivity index (χ3n) is 1.37. The molecule has 2 aromatic rings. The van der Waals surface area contributed by atoms with Crippen LogP contribution in [0.25, 0.3) is 0 Å². The Labute approximate surface area is 129 Å². The molecule has 0 amide bonds. The first kappa shape index (κ1) is 20.9. The first-order valence-corrected chi connectivity index (χ1v) is 7.80. The molecule has 0 N–H and O–H groups in total. The summed E-state index contributed by atoms with van der Waals surface area (Å²) in [5.74, 6) is -0.762. The van der Waals surface area contributed by atoms with Gasteiger partial charge in [-0.15, -0.1) is 10.2 Å². The predicted molar refractivity (Wildman–Crippen MR) is 59.4 cm³/mol. The van der Waals surface area contributed by atoms with Gasteiger partial charge in [0.2, 0.25) is 11.8 Å². The monoisotopic (exact) mass is 362 g/mol. The van der Waals surface area contributed by atoms with Gasteiger partial charge in [-0.2, -0.15) is 0 Å². The molecule has 0 aliphatic carbocycles. The minimum Gasteiger partial charge on any atom is -0.780 e. The molecule has 14 nitrogen and oxygen atoms in total. The van der Waals surface area contributed by atoms with E-state index < -0.39 is 15.6 Å². The Balaban J connectivity index is 0.000000403. The van der Waals surface area contributed by atoms with Gasteiger partial charge in [-0.3, -0.25) is 0 Å². The number of nitrogens with zero attached hydrogens (tertiary/aromatic N) is 6. The molecule has 0 unspecified atom stereocenters. The molecular weight excluding hydrogens is 358 g/mol. The third kappa shape index (κ3) is 11.2. The van der Waals surface area contributed by atoms with Crippen molar-refractivity contribution in [3.63, 3.8) is 0 Å². The summed E-state index contributed by atoms with van der Waals surface area (Å²) in [5.41, 5.74) is 0. The summed E-state index contributed by atoms with van der Waals surface area (Å²) in [6, 6.07) is 2.21. The molecule has 0 atom stereocenters. The van der Waals surface area contributed by atoms with Crippen molar-refractivity contribution in [2.45, 2.75) is 0 Å². The summed E-state index contributed by atoms with van der Waals surface area (Å²) in [6.45, 7) is 0. The van der Waals surface area contributed by atoms with E-state index in [0.29, 0.717) is 0 Å². The quantitative estimate of drug-likeness (QED) is 0.476. The van der Waals surface area contributed by atoms with Gasteiger partial charge in [0, 0.05) is 12.1 Å². The largest absolute Gasteiger partial charge is 4.00 e. The standard InChI is InChI=1S/2C3H4N3O4P.C/c2*7-11(8,9)10-3-1-2-4-6-5-3;/h2*1-2H,(H2,7,8,9);/q;;+4/p-4. The minimum atomic E-state index is -5.02. The van der Waals surface area contributed by atoms with E-state index in [2.05, 4.69) is 39.9 Å². The second-order valence-electron chi connectivity index (χ2n) is 2.99. The Morgan fingerprint density at radius 2 is 1.13 bits per heavy atom. The van der Waals surface area contributed by atoms with Crippen molar-refractivity contribution in [3.05, 3.63) is 32.0 Å².